The first-order valence-corrected chi connectivity index (χ1v) is 17.0. The maximum absolute atomic E-state index is 13.9. The smallest absolute Gasteiger partial charge is 0.326 e. The van der Waals surface area contributed by atoms with Crippen molar-refractivity contribution in [3.05, 3.63) is 70.8 Å². The summed E-state index contributed by atoms with van der Waals surface area (Å²) in [4.78, 5) is 18.8. The van der Waals surface area contributed by atoms with Crippen molar-refractivity contribution >= 4 is 15.8 Å². The van der Waals surface area contributed by atoms with Crippen LogP contribution in [0.3, 0.4) is 0 Å². The van der Waals surface area contributed by atoms with Crippen molar-refractivity contribution in [3.63, 3.8) is 0 Å². The minimum Gasteiger partial charge on any atom is -0.458 e. The van der Waals surface area contributed by atoms with Gasteiger partial charge in [0, 0.05) is 31.7 Å². The van der Waals surface area contributed by atoms with E-state index in [0.717, 1.165) is 31.0 Å². The number of hydrogen-bond acceptors (Lipinski definition) is 10. The lowest BCUT2D eigenvalue weighted by Gasteiger charge is -2.27. The van der Waals surface area contributed by atoms with Gasteiger partial charge in [-0.15, -0.1) is 0 Å². The standard InChI is InChI=1S/C31H46F2N4O6S/c1-3-5-11-44(39,40)20-29(37-42-21-41-27-9-10-35-18-27)31(38)43-30(19-36-17-23-8-6-7-22(4-2)12-23)28(34)15-24-13-25(32)16-26(33)14-24/h6-8,12-14,16,27-30,35-37H,3-5,9-11,15,17-21,34H2,1-2H3/t27-,28+,29-,30-/m1/s1. The van der Waals surface area contributed by atoms with E-state index in [0.29, 0.717) is 31.5 Å². The number of hydrogen-bond donors (Lipinski definition) is 4. The molecule has 0 saturated carbocycles. The third-order valence-electron chi connectivity index (χ3n) is 7.33. The molecule has 246 valence electrons. The van der Waals surface area contributed by atoms with E-state index in [1.165, 1.54) is 17.7 Å². The highest BCUT2D eigenvalue weighted by atomic mass is 32.2. The molecule has 44 heavy (non-hydrogen) atoms. The Kier molecular flexibility index (Phi) is 15.1. The van der Waals surface area contributed by atoms with Gasteiger partial charge >= 0.3 is 5.97 Å². The number of nitrogens with two attached hydrogens (primary N) is 1. The van der Waals surface area contributed by atoms with Crippen molar-refractivity contribution in [1.82, 2.24) is 16.1 Å². The summed E-state index contributed by atoms with van der Waals surface area (Å²) in [5.74, 6) is -3.02. The largest absolute Gasteiger partial charge is 0.458 e. The number of ether oxygens (including phenoxy) is 2. The molecule has 0 aliphatic carbocycles. The lowest BCUT2D eigenvalue weighted by atomic mass is 10.0. The molecule has 0 bridgehead atoms. The molecule has 1 aliphatic rings. The minimum absolute atomic E-state index is 0.00623. The van der Waals surface area contributed by atoms with Crippen LogP contribution in [0, 0.1) is 11.6 Å². The molecule has 3 rings (SSSR count). The van der Waals surface area contributed by atoms with E-state index in [1.54, 1.807) is 0 Å². The number of sulfone groups is 1. The minimum atomic E-state index is -3.64. The summed E-state index contributed by atoms with van der Waals surface area (Å²) in [5.41, 5.74) is 11.5. The Balaban J connectivity index is 1.72. The van der Waals surface area contributed by atoms with Gasteiger partial charge in [0.2, 0.25) is 0 Å². The molecule has 5 N–H and O–H groups in total. The molecule has 4 atom stereocenters. The Bertz CT molecular complexity index is 1260. The highest BCUT2D eigenvalue weighted by Gasteiger charge is 2.31. The Labute approximate surface area is 259 Å². The molecule has 1 saturated heterocycles. The third kappa shape index (κ3) is 12.8. The van der Waals surface area contributed by atoms with Gasteiger partial charge in [0.05, 0.1) is 17.6 Å². The van der Waals surface area contributed by atoms with Crippen LogP contribution in [0.2, 0.25) is 0 Å². The predicted molar refractivity (Wildman–Crippen MR) is 164 cm³/mol. The second-order valence-corrected chi connectivity index (χ2v) is 13.3. The third-order valence-corrected chi connectivity index (χ3v) is 9.08. The highest BCUT2D eigenvalue weighted by Crippen LogP contribution is 2.14. The van der Waals surface area contributed by atoms with Gasteiger partial charge < -0.3 is 25.8 Å². The van der Waals surface area contributed by atoms with Crippen LogP contribution in [0.5, 0.6) is 0 Å². The van der Waals surface area contributed by atoms with Crippen molar-refractivity contribution in [1.29, 1.82) is 0 Å². The topological polar surface area (TPSA) is 141 Å². The molecule has 0 radical (unpaired) electrons. The van der Waals surface area contributed by atoms with Gasteiger partial charge in [0.15, 0.2) is 16.6 Å². The molecule has 1 heterocycles. The number of aryl methyl sites for hydroxylation is 1. The van der Waals surface area contributed by atoms with Crippen LogP contribution >= 0.6 is 0 Å². The number of unbranched alkanes of at least 4 members (excludes halogenated alkanes) is 1. The fourth-order valence-corrected chi connectivity index (χ4v) is 6.46. The van der Waals surface area contributed by atoms with E-state index in [-0.39, 0.29) is 31.6 Å². The summed E-state index contributed by atoms with van der Waals surface area (Å²) < 4.78 is 64.7. The maximum atomic E-state index is 13.9. The molecule has 1 fully saturated rings. The van der Waals surface area contributed by atoms with Crippen molar-refractivity contribution in [3.8, 4) is 0 Å². The van der Waals surface area contributed by atoms with Crippen molar-refractivity contribution in [2.75, 3.05) is 37.9 Å². The predicted octanol–water partition coefficient (Wildman–Crippen LogP) is 2.54. The van der Waals surface area contributed by atoms with Crippen LogP contribution in [0.15, 0.2) is 42.5 Å². The monoisotopic (exact) mass is 640 g/mol. The Morgan fingerprint density at radius 2 is 1.86 bits per heavy atom. The molecule has 0 amide bonds. The van der Waals surface area contributed by atoms with Crippen molar-refractivity contribution in [2.24, 2.45) is 5.73 Å². The first-order chi connectivity index (χ1) is 21.1. The summed E-state index contributed by atoms with van der Waals surface area (Å²) in [6.45, 7) is 5.79. The summed E-state index contributed by atoms with van der Waals surface area (Å²) in [7, 11) is -3.64. The molecule has 2 aromatic rings. The first kappa shape index (κ1) is 36.0. The summed E-state index contributed by atoms with van der Waals surface area (Å²) in [6.07, 6.45) is 1.80. The second-order valence-electron chi connectivity index (χ2n) is 11.1. The summed E-state index contributed by atoms with van der Waals surface area (Å²) in [5, 5.41) is 6.41. The van der Waals surface area contributed by atoms with Gasteiger partial charge in [-0.05, 0) is 61.1 Å². The van der Waals surface area contributed by atoms with E-state index in [4.69, 9.17) is 20.0 Å². The van der Waals surface area contributed by atoms with Crippen molar-refractivity contribution < 1.29 is 36.3 Å². The van der Waals surface area contributed by atoms with Gasteiger partial charge in [0.25, 0.3) is 0 Å². The van der Waals surface area contributed by atoms with E-state index >= 15 is 0 Å². The number of benzene rings is 2. The van der Waals surface area contributed by atoms with Gasteiger partial charge in [-0.2, -0.15) is 5.48 Å². The number of carbonyl (C=O) groups is 1. The molecular weight excluding hydrogens is 594 g/mol. The first-order valence-electron chi connectivity index (χ1n) is 15.2. The number of hydroxylamine groups is 1. The van der Waals surface area contributed by atoms with Crippen LogP contribution in [0.25, 0.3) is 0 Å². The van der Waals surface area contributed by atoms with Crippen LogP contribution in [-0.2, 0) is 48.3 Å². The van der Waals surface area contributed by atoms with Crippen LogP contribution in [0.1, 0.15) is 49.8 Å². The summed E-state index contributed by atoms with van der Waals surface area (Å²) in [6, 6.07) is 8.89. The Morgan fingerprint density at radius 3 is 2.55 bits per heavy atom. The Morgan fingerprint density at radius 1 is 1.11 bits per heavy atom. The number of halogens is 2. The van der Waals surface area contributed by atoms with Gasteiger partial charge in [-0.3, -0.25) is 9.63 Å². The molecule has 1 aliphatic heterocycles. The average Bonchev–Trinajstić information content (AvgIpc) is 3.50. The number of esters is 1. The van der Waals surface area contributed by atoms with Gasteiger partial charge in [-0.25, -0.2) is 17.2 Å². The van der Waals surface area contributed by atoms with Crippen molar-refractivity contribution in [2.45, 2.75) is 76.8 Å². The second kappa shape index (κ2) is 18.4. The van der Waals surface area contributed by atoms with Gasteiger partial charge in [0.1, 0.15) is 23.8 Å². The number of carbonyl (C=O) groups excluding carboxylic acids is 1. The molecule has 2 aromatic carbocycles. The number of nitrogens with one attached hydrogen (secondary N) is 3. The van der Waals surface area contributed by atoms with Crippen LogP contribution in [-0.4, -0.2) is 76.6 Å². The lowest BCUT2D eigenvalue weighted by molar-refractivity contribution is -0.165. The quantitative estimate of drug-likeness (QED) is 0.0739. The molecule has 0 aromatic heterocycles. The maximum Gasteiger partial charge on any atom is 0.326 e. The fourth-order valence-electron chi connectivity index (χ4n) is 4.85. The molecule has 0 unspecified atom stereocenters. The zero-order chi connectivity index (χ0) is 32.0. The molecule has 13 heteroatoms. The van der Waals surface area contributed by atoms with E-state index in [1.807, 2.05) is 25.1 Å². The van der Waals surface area contributed by atoms with Crippen LogP contribution < -0.4 is 21.8 Å². The lowest BCUT2D eigenvalue weighted by Crippen LogP contribution is -2.51. The molecular formula is C31H46F2N4O6S. The Hall–Kier alpha value is -2.52. The van der Waals surface area contributed by atoms with E-state index in [9.17, 15) is 22.0 Å². The van der Waals surface area contributed by atoms with E-state index < -0.39 is 51.4 Å². The van der Waals surface area contributed by atoms with E-state index in [2.05, 4.69) is 29.1 Å². The molecule has 0 spiro atoms. The SMILES string of the molecule is CCCCS(=O)(=O)C[C@@H](NOCO[C@@H]1CCNC1)C(=O)O[C@H](CNCc1cccc(CC)c1)[C@@H](N)Cc1cc(F)cc(F)c1. The summed E-state index contributed by atoms with van der Waals surface area (Å²) >= 11 is 0. The van der Waals surface area contributed by atoms with Gasteiger partial charge in [-0.1, -0.05) is 44.5 Å². The highest BCUT2D eigenvalue weighted by molar-refractivity contribution is 7.91. The zero-order valence-corrected chi connectivity index (χ0v) is 26.3. The average molecular weight is 641 g/mol. The number of rotatable bonds is 20. The normalized spacial score (nSPS) is 17.3. The zero-order valence-electron chi connectivity index (χ0n) is 25.5. The molecule has 10 nitrogen and oxygen atoms in total. The fraction of sp³-hybridized carbons (Fsp3) is 0.581. The van der Waals surface area contributed by atoms with Crippen LogP contribution in [0.4, 0.5) is 8.78 Å².